The number of nitrogens with zero attached hydrogens (tertiary/aromatic N) is 1. The highest BCUT2D eigenvalue weighted by molar-refractivity contribution is 5.76. The van der Waals surface area contributed by atoms with Crippen LogP contribution in [0.4, 0.5) is 0 Å². The molecule has 2 aliphatic rings. The van der Waals surface area contributed by atoms with E-state index in [2.05, 4.69) is 10.2 Å². The molecule has 0 unspecified atom stereocenters. The first kappa shape index (κ1) is 15.3. The first-order valence-electron chi connectivity index (χ1n) is 8.11. The van der Waals surface area contributed by atoms with E-state index in [4.69, 9.17) is 4.74 Å². The Labute approximate surface area is 131 Å². The van der Waals surface area contributed by atoms with Crippen LogP contribution in [0.15, 0.2) is 24.3 Å². The summed E-state index contributed by atoms with van der Waals surface area (Å²) in [6.45, 7) is 3.44. The number of morpholine rings is 1. The number of ether oxygens (including phenoxy) is 1. The smallest absolute Gasteiger partial charge is 0.220 e. The van der Waals surface area contributed by atoms with Crippen LogP contribution in [-0.4, -0.2) is 54.3 Å². The zero-order valence-corrected chi connectivity index (χ0v) is 12.8. The van der Waals surface area contributed by atoms with Crippen LogP contribution in [0.5, 0.6) is 5.75 Å². The predicted molar refractivity (Wildman–Crippen MR) is 83.8 cm³/mol. The fourth-order valence-electron chi connectivity index (χ4n) is 3.30. The number of hydrogen-bond acceptors (Lipinski definition) is 4. The zero-order chi connectivity index (χ0) is 15.4. The molecule has 120 valence electrons. The number of para-hydroxylation sites is 1. The lowest BCUT2D eigenvalue weighted by Crippen LogP contribution is -2.50. The summed E-state index contributed by atoms with van der Waals surface area (Å²) >= 11 is 0. The molecule has 2 atom stereocenters. The summed E-state index contributed by atoms with van der Waals surface area (Å²) in [6, 6.07) is 7.74. The van der Waals surface area contributed by atoms with Crippen LogP contribution in [0, 0.1) is 0 Å². The summed E-state index contributed by atoms with van der Waals surface area (Å²) in [4.78, 5) is 14.4. The molecule has 1 amide bonds. The van der Waals surface area contributed by atoms with E-state index in [1.165, 1.54) is 12.8 Å². The van der Waals surface area contributed by atoms with Crippen LogP contribution in [0.25, 0.3) is 0 Å². The highest BCUT2D eigenvalue weighted by Crippen LogP contribution is 2.22. The Morgan fingerprint density at radius 1 is 1.41 bits per heavy atom. The van der Waals surface area contributed by atoms with Gasteiger partial charge in [0.05, 0.1) is 12.7 Å². The Kier molecular flexibility index (Phi) is 4.95. The summed E-state index contributed by atoms with van der Waals surface area (Å²) in [5.74, 6) is 0.265. The van der Waals surface area contributed by atoms with Crippen LogP contribution < -0.4 is 5.32 Å². The summed E-state index contributed by atoms with van der Waals surface area (Å²) in [5.41, 5.74) is 0.812. The van der Waals surface area contributed by atoms with E-state index in [9.17, 15) is 9.90 Å². The first-order chi connectivity index (χ1) is 10.7. The van der Waals surface area contributed by atoms with Gasteiger partial charge in [-0.1, -0.05) is 18.2 Å². The number of hydrogen-bond donors (Lipinski definition) is 2. The number of phenols is 1. The minimum atomic E-state index is 0.00963. The number of aromatic hydroxyl groups is 1. The molecule has 0 spiro atoms. The summed E-state index contributed by atoms with van der Waals surface area (Å²) in [7, 11) is 0. The molecule has 0 aromatic heterocycles. The fraction of sp³-hybridized carbons (Fsp3) is 0.588. The Bertz CT molecular complexity index is 520. The molecule has 2 aliphatic heterocycles. The van der Waals surface area contributed by atoms with Gasteiger partial charge in [0.15, 0.2) is 0 Å². The first-order valence-corrected chi connectivity index (χ1v) is 8.11. The summed E-state index contributed by atoms with van der Waals surface area (Å²) < 4.78 is 5.83. The van der Waals surface area contributed by atoms with E-state index in [0.717, 1.165) is 25.3 Å². The average molecular weight is 304 g/mol. The van der Waals surface area contributed by atoms with Crippen molar-refractivity contribution in [1.29, 1.82) is 0 Å². The van der Waals surface area contributed by atoms with Crippen molar-refractivity contribution in [3.8, 4) is 5.75 Å². The number of fused-ring (bicyclic) bond motifs is 1. The van der Waals surface area contributed by atoms with Gasteiger partial charge in [-0.05, 0) is 37.4 Å². The number of nitrogens with one attached hydrogen (secondary N) is 1. The molecule has 5 heteroatoms. The highest BCUT2D eigenvalue weighted by atomic mass is 16.5. The normalized spacial score (nSPS) is 24.9. The second-order valence-corrected chi connectivity index (χ2v) is 6.18. The van der Waals surface area contributed by atoms with Crippen LogP contribution in [0.3, 0.4) is 0 Å². The lowest BCUT2D eigenvalue weighted by Gasteiger charge is -2.35. The maximum Gasteiger partial charge on any atom is 0.220 e. The van der Waals surface area contributed by atoms with E-state index >= 15 is 0 Å². The van der Waals surface area contributed by atoms with Gasteiger partial charge in [0.2, 0.25) is 5.91 Å². The van der Waals surface area contributed by atoms with Gasteiger partial charge in [-0.3, -0.25) is 9.69 Å². The molecule has 22 heavy (non-hydrogen) atoms. The maximum absolute atomic E-state index is 11.9. The quantitative estimate of drug-likeness (QED) is 0.861. The molecule has 1 aromatic carbocycles. The SMILES string of the molecule is O=C(CCc1ccccc1O)NC[C@H]1CN2CCC[C@@H]2CO1. The lowest BCUT2D eigenvalue weighted by atomic mass is 10.1. The van der Waals surface area contributed by atoms with Gasteiger partial charge >= 0.3 is 0 Å². The fourth-order valence-corrected chi connectivity index (χ4v) is 3.30. The minimum absolute atomic E-state index is 0.00963. The third-order valence-corrected chi connectivity index (χ3v) is 4.60. The molecule has 2 fully saturated rings. The van der Waals surface area contributed by atoms with Gasteiger partial charge in [0, 0.05) is 25.6 Å². The number of carbonyl (C=O) groups excluding carboxylic acids is 1. The number of carbonyl (C=O) groups is 1. The number of phenolic OH excluding ortho intramolecular Hbond substituents is 1. The Balaban J connectivity index is 1.38. The largest absolute Gasteiger partial charge is 0.508 e. The summed E-state index contributed by atoms with van der Waals surface area (Å²) in [6.07, 6.45) is 3.53. The van der Waals surface area contributed by atoms with E-state index < -0.39 is 0 Å². The Morgan fingerprint density at radius 2 is 2.27 bits per heavy atom. The van der Waals surface area contributed by atoms with Gasteiger partial charge in [0.25, 0.3) is 0 Å². The van der Waals surface area contributed by atoms with E-state index in [0.29, 0.717) is 25.4 Å². The molecular formula is C17H24N2O3. The number of amides is 1. The zero-order valence-electron chi connectivity index (χ0n) is 12.8. The average Bonchev–Trinajstić information content (AvgIpc) is 2.99. The third kappa shape index (κ3) is 3.78. The van der Waals surface area contributed by atoms with Gasteiger partial charge < -0.3 is 15.2 Å². The van der Waals surface area contributed by atoms with Gasteiger partial charge in [-0.15, -0.1) is 0 Å². The second kappa shape index (κ2) is 7.11. The van der Waals surface area contributed by atoms with Crippen LogP contribution in [0.2, 0.25) is 0 Å². The third-order valence-electron chi connectivity index (χ3n) is 4.60. The topological polar surface area (TPSA) is 61.8 Å². The van der Waals surface area contributed by atoms with Crippen LogP contribution in [0.1, 0.15) is 24.8 Å². The minimum Gasteiger partial charge on any atom is -0.508 e. The molecule has 2 saturated heterocycles. The van der Waals surface area contributed by atoms with Crippen molar-refractivity contribution >= 4 is 5.91 Å². The van der Waals surface area contributed by atoms with Crippen molar-refractivity contribution < 1.29 is 14.6 Å². The number of benzene rings is 1. The van der Waals surface area contributed by atoms with Crippen molar-refractivity contribution in [3.05, 3.63) is 29.8 Å². The Hall–Kier alpha value is -1.59. The molecule has 5 nitrogen and oxygen atoms in total. The van der Waals surface area contributed by atoms with Crippen molar-refractivity contribution in [1.82, 2.24) is 10.2 Å². The molecule has 3 rings (SSSR count). The molecule has 2 N–H and O–H groups in total. The lowest BCUT2D eigenvalue weighted by molar-refractivity contribution is -0.122. The molecule has 0 saturated carbocycles. The van der Waals surface area contributed by atoms with Crippen molar-refractivity contribution in [2.75, 3.05) is 26.2 Å². The monoisotopic (exact) mass is 304 g/mol. The molecule has 0 aliphatic carbocycles. The Morgan fingerprint density at radius 3 is 3.14 bits per heavy atom. The maximum atomic E-state index is 11.9. The predicted octanol–water partition coefficient (Wildman–Crippen LogP) is 1.30. The van der Waals surface area contributed by atoms with Crippen molar-refractivity contribution in [2.24, 2.45) is 0 Å². The number of aryl methyl sites for hydroxylation is 1. The van der Waals surface area contributed by atoms with E-state index in [1.807, 2.05) is 12.1 Å². The van der Waals surface area contributed by atoms with Crippen molar-refractivity contribution in [3.63, 3.8) is 0 Å². The number of rotatable bonds is 5. The van der Waals surface area contributed by atoms with Crippen LogP contribution >= 0.6 is 0 Å². The summed E-state index contributed by atoms with van der Waals surface area (Å²) in [5, 5.41) is 12.6. The highest BCUT2D eigenvalue weighted by Gasteiger charge is 2.32. The molecular weight excluding hydrogens is 280 g/mol. The molecule has 0 bridgehead atoms. The molecule has 1 aromatic rings. The van der Waals surface area contributed by atoms with Gasteiger partial charge in [0.1, 0.15) is 5.75 Å². The second-order valence-electron chi connectivity index (χ2n) is 6.18. The van der Waals surface area contributed by atoms with Crippen molar-refractivity contribution in [2.45, 2.75) is 37.8 Å². The van der Waals surface area contributed by atoms with E-state index in [1.54, 1.807) is 12.1 Å². The van der Waals surface area contributed by atoms with Gasteiger partial charge in [-0.2, -0.15) is 0 Å². The van der Waals surface area contributed by atoms with E-state index in [-0.39, 0.29) is 17.8 Å². The molecule has 0 radical (unpaired) electrons. The van der Waals surface area contributed by atoms with Gasteiger partial charge in [-0.25, -0.2) is 0 Å². The van der Waals surface area contributed by atoms with Crippen LogP contribution in [-0.2, 0) is 16.0 Å². The molecule has 2 heterocycles. The standard InChI is InChI=1S/C17H24N2O3/c20-16-6-2-1-4-13(16)7-8-17(21)18-10-15-11-19-9-3-5-14(19)12-22-15/h1-2,4,6,14-15,20H,3,5,7-12H2,(H,18,21)/t14-,15+/m1/s1.